The maximum absolute atomic E-state index is 8.83. The zero-order valence-corrected chi connectivity index (χ0v) is 5.52. The Morgan fingerprint density at radius 2 is 2.33 bits per heavy atom. The van der Waals surface area contributed by atoms with E-state index in [1.54, 1.807) is 6.42 Å². The summed E-state index contributed by atoms with van der Waals surface area (Å²) in [6.07, 6.45) is 3.58. The number of rotatable bonds is 0. The van der Waals surface area contributed by atoms with Crippen LogP contribution in [0.5, 0.6) is 0 Å². The van der Waals surface area contributed by atoms with Crippen molar-refractivity contribution in [1.29, 1.82) is 0 Å². The summed E-state index contributed by atoms with van der Waals surface area (Å²) >= 11 is 5.60. The number of hydrogen-bond acceptors (Lipinski definition) is 2. The highest BCUT2D eigenvalue weighted by atomic mass is 35.5. The van der Waals surface area contributed by atoms with Gasteiger partial charge in [-0.2, -0.15) is 0 Å². The maximum atomic E-state index is 8.83. The van der Waals surface area contributed by atoms with E-state index < -0.39 is 0 Å². The Kier molecular flexibility index (Phi) is 1.67. The lowest BCUT2D eigenvalue weighted by atomic mass is 10.1. The summed E-state index contributed by atoms with van der Waals surface area (Å²) < 4.78 is 0. The van der Waals surface area contributed by atoms with Crippen LogP contribution in [0.1, 0.15) is 6.42 Å². The van der Waals surface area contributed by atoms with Gasteiger partial charge in [0.1, 0.15) is 0 Å². The molecule has 1 aliphatic rings. The van der Waals surface area contributed by atoms with Crippen LogP contribution in [0.4, 0.5) is 0 Å². The minimum Gasteiger partial charge on any atom is -0.512 e. The molecular formula is C6H7ClNO. The molecule has 0 unspecified atom stereocenters. The molecule has 0 bridgehead atoms. The lowest BCUT2D eigenvalue weighted by Gasteiger charge is -2.07. The van der Waals surface area contributed by atoms with Crippen LogP contribution in [0.25, 0.3) is 0 Å². The van der Waals surface area contributed by atoms with Crippen LogP contribution >= 0.6 is 11.6 Å². The van der Waals surface area contributed by atoms with Crippen molar-refractivity contribution in [2.75, 3.05) is 0 Å². The summed E-state index contributed by atoms with van der Waals surface area (Å²) in [5.74, 6) is 0.192. The minimum atomic E-state index is 0.192. The van der Waals surface area contributed by atoms with E-state index in [0.717, 1.165) is 0 Å². The fraction of sp³-hybridized carbons (Fsp3) is 0.167. The summed E-state index contributed by atoms with van der Waals surface area (Å²) in [4.78, 5) is 0. The van der Waals surface area contributed by atoms with Crippen molar-refractivity contribution in [2.24, 2.45) is 5.73 Å². The van der Waals surface area contributed by atoms with Gasteiger partial charge in [0.15, 0.2) is 0 Å². The predicted octanol–water partition coefficient (Wildman–Crippen LogP) is 1.45. The molecule has 1 radical (unpaired) electrons. The summed E-state index contributed by atoms with van der Waals surface area (Å²) in [6, 6.07) is 0. The summed E-state index contributed by atoms with van der Waals surface area (Å²) in [5.41, 5.74) is 5.82. The molecule has 0 fully saturated rings. The summed E-state index contributed by atoms with van der Waals surface area (Å²) in [7, 11) is 0. The molecule has 0 saturated heterocycles. The molecule has 49 valence electrons. The van der Waals surface area contributed by atoms with Crippen LogP contribution < -0.4 is 5.73 Å². The first kappa shape index (κ1) is 6.49. The van der Waals surface area contributed by atoms with Gasteiger partial charge in [-0.15, -0.1) is 0 Å². The average molecular weight is 145 g/mol. The monoisotopic (exact) mass is 144 g/mol. The predicted molar refractivity (Wildman–Crippen MR) is 36.7 cm³/mol. The Hall–Kier alpha value is -0.630. The molecule has 2 nitrogen and oxygen atoms in total. The Morgan fingerprint density at radius 3 is 2.78 bits per heavy atom. The van der Waals surface area contributed by atoms with Crippen LogP contribution in [0.2, 0.25) is 0 Å². The molecule has 0 aromatic carbocycles. The maximum Gasteiger partial charge on any atom is 0.0985 e. The van der Waals surface area contributed by atoms with Gasteiger partial charge in [0.05, 0.1) is 5.76 Å². The fourth-order valence-electron chi connectivity index (χ4n) is 0.609. The second-order valence-corrected chi connectivity index (χ2v) is 2.29. The third kappa shape index (κ3) is 1.39. The van der Waals surface area contributed by atoms with Crippen LogP contribution in [0.3, 0.4) is 0 Å². The third-order valence-electron chi connectivity index (χ3n) is 1.11. The first-order valence-corrected chi connectivity index (χ1v) is 2.96. The number of halogens is 1. The van der Waals surface area contributed by atoms with Gasteiger partial charge in [-0.1, -0.05) is 11.6 Å². The van der Waals surface area contributed by atoms with Gasteiger partial charge in [0.2, 0.25) is 0 Å². The highest BCUT2D eigenvalue weighted by molar-refractivity contribution is 6.30. The highest BCUT2D eigenvalue weighted by Gasteiger charge is 2.07. The van der Waals surface area contributed by atoms with Gasteiger partial charge in [-0.3, -0.25) is 0 Å². The molecule has 9 heavy (non-hydrogen) atoms. The van der Waals surface area contributed by atoms with Crippen LogP contribution in [-0.4, -0.2) is 5.11 Å². The largest absolute Gasteiger partial charge is 0.512 e. The first-order valence-electron chi connectivity index (χ1n) is 2.58. The standard InChI is InChI=1S/C6H7ClNO/c7-5-2-1-4(9)3-6(5)8/h1,3,9H,2,8H2. The Labute approximate surface area is 58.6 Å². The van der Waals surface area contributed by atoms with Gasteiger partial charge in [0, 0.05) is 23.2 Å². The summed E-state index contributed by atoms with van der Waals surface area (Å²) in [5, 5.41) is 9.42. The van der Waals surface area contributed by atoms with Gasteiger partial charge < -0.3 is 10.8 Å². The number of hydrogen-bond donors (Lipinski definition) is 2. The zero-order valence-electron chi connectivity index (χ0n) is 4.76. The normalized spacial score (nSPS) is 19.9. The molecule has 0 spiro atoms. The van der Waals surface area contributed by atoms with E-state index in [0.29, 0.717) is 17.2 Å². The number of aliphatic hydroxyl groups is 1. The van der Waals surface area contributed by atoms with Crippen molar-refractivity contribution in [3.63, 3.8) is 0 Å². The van der Waals surface area contributed by atoms with Crippen molar-refractivity contribution >= 4 is 11.6 Å². The van der Waals surface area contributed by atoms with E-state index in [9.17, 15) is 0 Å². The van der Waals surface area contributed by atoms with Gasteiger partial charge in [-0.05, 0) is 6.42 Å². The highest BCUT2D eigenvalue weighted by Crippen LogP contribution is 2.21. The number of allylic oxidation sites excluding steroid dienone is 3. The summed E-state index contributed by atoms with van der Waals surface area (Å²) in [6.45, 7) is 0. The molecule has 0 aromatic heterocycles. The molecule has 0 saturated carbocycles. The van der Waals surface area contributed by atoms with Gasteiger partial charge in [0.25, 0.3) is 0 Å². The molecule has 0 amide bonds. The van der Waals surface area contributed by atoms with Crippen LogP contribution in [0.15, 0.2) is 22.6 Å². The number of nitrogens with two attached hydrogens (primary N) is 1. The van der Waals surface area contributed by atoms with Crippen LogP contribution in [-0.2, 0) is 0 Å². The van der Waals surface area contributed by atoms with E-state index in [1.807, 2.05) is 0 Å². The Morgan fingerprint density at radius 1 is 1.67 bits per heavy atom. The topological polar surface area (TPSA) is 46.2 Å². The van der Waals surface area contributed by atoms with E-state index in [-0.39, 0.29) is 5.76 Å². The second kappa shape index (κ2) is 2.31. The fourth-order valence-corrected chi connectivity index (χ4v) is 0.740. The minimum absolute atomic E-state index is 0.192. The van der Waals surface area contributed by atoms with Crippen molar-refractivity contribution in [1.82, 2.24) is 0 Å². The molecule has 0 atom stereocenters. The Balaban J connectivity index is 2.83. The van der Waals surface area contributed by atoms with Crippen molar-refractivity contribution in [2.45, 2.75) is 6.42 Å². The smallest absolute Gasteiger partial charge is 0.0985 e. The molecule has 3 heteroatoms. The SMILES string of the molecule is NC1=C(Cl)C[CH]C(O)=C1. The van der Waals surface area contributed by atoms with Crippen molar-refractivity contribution < 1.29 is 5.11 Å². The van der Waals surface area contributed by atoms with Crippen molar-refractivity contribution in [3.8, 4) is 0 Å². The molecule has 3 N–H and O–H groups in total. The molecular weight excluding hydrogens is 138 g/mol. The molecule has 1 rings (SSSR count). The molecule has 0 heterocycles. The van der Waals surface area contributed by atoms with Crippen molar-refractivity contribution in [3.05, 3.63) is 29.0 Å². The average Bonchev–Trinajstić information content (AvgIpc) is 1.80. The molecule has 1 aliphatic carbocycles. The van der Waals surface area contributed by atoms with E-state index >= 15 is 0 Å². The molecule has 0 aromatic rings. The first-order chi connectivity index (χ1) is 4.20. The quantitative estimate of drug-likeness (QED) is 0.541. The second-order valence-electron chi connectivity index (χ2n) is 1.84. The van der Waals surface area contributed by atoms with E-state index in [1.165, 1.54) is 6.08 Å². The zero-order chi connectivity index (χ0) is 6.85. The lowest BCUT2D eigenvalue weighted by Crippen LogP contribution is -2.03. The lowest BCUT2D eigenvalue weighted by molar-refractivity contribution is 0.416. The number of aliphatic hydroxyl groups excluding tert-OH is 1. The van der Waals surface area contributed by atoms with E-state index in [2.05, 4.69) is 0 Å². The van der Waals surface area contributed by atoms with Gasteiger partial charge >= 0.3 is 0 Å². The van der Waals surface area contributed by atoms with Gasteiger partial charge in [-0.25, -0.2) is 0 Å². The Bertz CT molecular complexity index is 183. The third-order valence-corrected chi connectivity index (χ3v) is 1.48. The van der Waals surface area contributed by atoms with Crippen LogP contribution in [0, 0.1) is 6.42 Å². The molecule has 0 aliphatic heterocycles. The van der Waals surface area contributed by atoms with E-state index in [4.69, 9.17) is 22.4 Å².